The number of aryl methyl sites for hydroxylation is 1. The molecule has 2 aromatic rings. The Hall–Kier alpha value is -1.93. The number of aromatic nitrogens is 3. The molecular weight excluding hydrogens is 290 g/mol. The van der Waals surface area contributed by atoms with E-state index in [4.69, 9.17) is 5.73 Å². The fourth-order valence-electron chi connectivity index (χ4n) is 2.76. The minimum Gasteiger partial charge on any atom is -0.381 e. The van der Waals surface area contributed by atoms with Crippen molar-refractivity contribution in [1.29, 1.82) is 0 Å². The smallest absolute Gasteiger partial charge is 0.248 e. The van der Waals surface area contributed by atoms with Crippen molar-refractivity contribution in [2.75, 3.05) is 12.3 Å². The summed E-state index contributed by atoms with van der Waals surface area (Å²) in [4.78, 5) is 4.05. The van der Waals surface area contributed by atoms with Gasteiger partial charge in [0.2, 0.25) is 10.0 Å². The number of nitrogen functional groups attached to an aromatic ring is 1. The minimum atomic E-state index is -3.64. The van der Waals surface area contributed by atoms with Crippen molar-refractivity contribution in [2.45, 2.75) is 23.8 Å². The highest BCUT2D eigenvalue weighted by atomic mass is 32.2. The SMILES string of the molecule is Cn1cc(S(=O)(=O)N2CCCC2c2ccncc2)c(N)n1. The Kier molecular flexibility index (Phi) is 3.42. The van der Waals surface area contributed by atoms with Crippen molar-refractivity contribution in [3.63, 3.8) is 0 Å². The molecule has 0 aliphatic carbocycles. The predicted octanol–water partition coefficient (Wildman–Crippen LogP) is 0.923. The third-order valence-corrected chi connectivity index (χ3v) is 5.63. The van der Waals surface area contributed by atoms with Gasteiger partial charge in [0.1, 0.15) is 4.90 Å². The van der Waals surface area contributed by atoms with Gasteiger partial charge in [-0.05, 0) is 30.5 Å². The quantitative estimate of drug-likeness (QED) is 0.910. The van der Waals surface area contributed by atoms with Crippen molar-refractivity contribution in [1.82, 2.24) is 19.1 Å². The normalized spacial score (nSPS) is 20.0. The lowest BCUT2D eigenvalue weighted by Crippen LogP contribution is -2.31. The summed E-state index contributed by atoms with van der Waals surface area (Å²) in [6.07, 6.45) is 6.43. The number of hydrogen-bond acceptors (Lipinski definition) is 5. The maximum Gasteiger partial charge on any atom is 0.248 e. The van der Waals surface area contributed by atoms with E-state index in [1.54, 1.807) is 19.4 Å². The Labute approximate surface area is 123 Å². The highest BCUT2D eigenvalue weighted by Crippen LogP contribution is 2.37. The van der Waals surface area contributed by atoms with Crippen LogP contribution in [0, 0.1) is 0 Å². The van der Waals surface area contributed by atoms with Crippen LogP contribution in [0.4, 0.5) is 5.82 Å². The van der Waals surface area contributed by atoms with Gasteiger partial charge >= 0.3 is 0 Å². The molecule has 0 spiro atoms. The fraction of sp³-hybridized carbons (Fsp3) is 0.385. The molecule has 0 bridgehead atoms. The molecule has 8 heteroatoms. The van der Waals surface area contributed by atoms with Crippen molar-refractivity contribution in [2.24, 2.45) is 7.05 Å². The predicted molar refractivity (Wildman–Crippen MR) is 77.7 cm³/mol. The first-order valence-electron chi connectivity index (χ1n) is 6.71. The highest BCUT2D eigenvalue weighted by molar-refractivity contribution is 7.89. The summed E-state index contributed by atoms with van der Waals surface area (Å²) in [6, 6.07) is 3.54. The average molecular weight is 307 g/mol. The Morgan fingerprint density at radius 2 is 2.05 bits per heavy atom. The van der Waals surface area contributed by atoms with Crippen LogP contribution < -0.4 is 5.73 Å². The van der Waals surface area contributed by atoms with Gasteiger partial charge in [0.15, 0.2) is 5.82 Å². The highest BCUT2D eigenvalue weighted by Gasteiger charge is 2.38. The summed E-state index contributed by atoms with van der Waals surface area (Å²) < 4.78 is 28.6. The van der Waals surface area contributed by atoms with Crippen LogP contribution in [0.1, 0.15) is 24.4 Å². The van der Waals surface area contributed by atoms with E-state index in [-0.39, 0.29) is 16.8 Å². The van der Waals surface area contributed by atoms with Gasteiger partial charge in [-0.25, -0.2) is 8.42 Å². The second kappa shape index (κ2) is 5.12. The summed E-state index contributed by atoms with van der Waals surface area (Å²) >= 11 is 0. The Morgan fingerprint density at radius 3 is 2.67 bits per heavy atom. The molecule has 0 aromatic carbocycles. The first kappa shape index (κ1) is 14.0. The molecule has 0 radical (unpaired) electrons. The molecule has 1 fully saturated rings. The molecule has 7 nitrogen and oxygen atoms in total. The second-order valence-corrected chi connectivity index (χ2v) is 6.97. The maximum absolute atomic E-state index is 12.8. The first-order chi connectivity index (χ1) is 10.00. The number of hydrogen-bond donors (Lipinski definition) is 1. The van der Waals surface area contributed by atoms with E-state index >= 15 is 0 Å². The van der Waals surface area contributed by atoms with Crippen LogP contribution >= 0.6 is 0 Å². The molecule has 1 saturated heterocycles. The monoisotopic (exact) mass is 307 g/mol. The molecule has 2 N–H and O–H groups in total. The first-order valence-corrected chi connectivity index (χ1v) is 8.15. The fourth-order valence-corrected chi connectivity index (χ4v) is 4.53. The van der Waals surface area contributed by atoms with Gasteiger partial charge in [0.25, 0.3) is 0 Å². The number of nitrogens with two attached hydrogens (primary N) is 1. The lowest BCUT2D eigenvalue weighted by atomic mass is 10.1. The Balaban J connectivity index is 2.00. The van der Waals surface area contributed by atoms with Gasteiger partial charge in [-0.3, -0.25) is 9.67 Å². The van der Waals surface area contributed by atoms with Crippen molar-refractivity contribution < 1.29 is 8.42 Å². The topological polar surface area (TPSA) is 94.1 Å². The lowest BCUT2D eigenvalue weighted by Gasteiger charge is -2.23. The number of rotatable bonds is 3. The van der Waals surface area contributed by atoms with Gasteiger partial charge in [0, 0.05) is 32.2 Å². The van der Waals surface area contributed by atoms with Crippen LogP contribution in [0.3, 0.4) is 0 Å². The van der Waals surface area contributed by atoms with E-state index in [9.17, 15) is 8.42 Å². The van der Waals surface area contributed by atoms with Gasteiger partial charge in [-0.1, -0.05) is 0 Å². The van der Waals surface area contributed by atoms with Crippen LogP contribution in [-0.2, 0) is 17.1 Å². The number of anilines is 1. The lowest BCUT2D eigenvalue weighted by molar-refractivity contribution is 0.396. The standard InChI is InChI=1S/C13H17N5O2S/c1-17-9-12(13(14)16-17)21(19,20)18-8-2-3-11(18)10-4-6-15-7-5-10/h4-7,9,11H,2-3,8H2,1H3,(H2,14,16). The summed E-state index contributed by atoms with van der Waals surface area (Å²) in [5.74, 6) is 0.0397. The molecule has 1 atom stereocenters. The molecule has 1 aliphatic heterocycles. The minimum absolute atomic E-state index is 0.0397. The third kappa shape index (κ3) is 2.40. The molecule has 2 aromatic heterocycles. The van der Waals surface area contributed by atoms with Crippen LogP contribution in [0.15, 0.2) is 35.6 Å². The summed E-state index contributed by atoms with van der Waals surface area (Å²) in [7, 11) is -1.99. The molecule has 1 aliphatic rings. The van der Waals surface area contributed by atoms with Crippen LogP contribution in [-0.4, -0.2) is 34.0 Å². The largest absolute Gasteiger partial charge is 0.381 e. The number of sulfonamides is 1. The van der Waals surface area contributed by atoms with Crippen LogP contribution in [0.5, 0.6) is 0 Å². The van der Waals surface area contributed by atoms with Crippen LogP contribution in [0.25, 0.3) is 0 Å². The summed E-state index contributed by atoms with van der Waals surface area (Å²) in [5, 5.41) is 3.93. The van der Waals surface area contributed by atoms with E-state index in [0.717, 1.165) is 18.4 Å². The second-order valence-electron chi connectivity index (χ2n) is 5.11. The maximum atomic E-state index is 12.8. The number of pyridine rings is 1. The average Bonchev–Trinajstić information content (AvgIpc) is 3.07. The zero-order chi connectivity index (χ0) is 15.0. The molecule has 0 saturated carbocycles. The van der Waals surface area contributed by atoms with E-state index in [1.165, 1.54) is 15.2 Å². The van der Waals surface area contributed by atoms with E-state index in [1.807, 2.05) is 12.1 Å². The van der Waals surface area contributed by atoms with Gasteiger partial charge in [-0.15, -0.1) is 0 Å². The van der Waals surface area contributed by atoms with Gasteiger partial charge in [0.05, 0.1) is 6.04 Å². The zero-order valence-electron chi connectivity index (χ0n) is 11.7. The van der Waals surface area contributed by atoms with Crippen LogP contribution in [0.2, 0.25) is 0 Å². The molecule has 1 unspecified atom stereocenters. The molecule has 3 rings (SSSR count). The zero-order valence-corrected chi connectivity index (χ0v) is 12.5. The molecule has 112 valence electrons. The van der Waals surface area contributed by atoms with Gasteiger partial charge < -0.3 is 5.73 Å². The number of nitrogens with zero attached hydrogens (tertiary/aromatic N) is 4. The Bertz CT molecular complexity index is 741. The Morgan fingerprint density at radius 1 is 1.33 bits per heavy atom. The molecule has 0 amide bonds. The molecule has 3 heterocycles. The van der Waals surface area contributed by atoms with Crippen molar-refractivity contribution in [3.05, 3.63) is 36.3 Å². The van der Waals surface area contributed by atoms with E-state index < -0.39 is 10.0 Å². The molecule has 21 heavy (non-hydrogen) atoms. The van der Waals surface area contributed by atoms with Gasteiger partial charge in [-0.2, -0.15) is 9.40 Å². The van der Waals surface area contributed by atoms with Crippen molar-refractivity contribution >= 4 is 15.8 Å². The molecular formula is C13H17N5O2S. The summed E-state index contributed by atoms with van der Waals surface area (Å²) in [5.41, 5.74) is 6.68. The van der Waals surface area contributed by atoms with Crippen molar-refractivity contribution in [3.8, 4) is 0 Å². The summed E-state index contributed by atoms with van der Waals surface area (Å²) in [6.45, 7) is 0.490. The third-order valence-electron chi connectivity index (χ3n) is 3.70. The van der Waals surface area contributed by atoms with E-state index in [2.05, 4.69) is 10.1 Å². The van der Waals surface area contributed by atoms with E-state index in [0.29, 0.717) is 6.54 Å².